The van der Waals surface area contributed by atoms with E-state index in [0.717, 1.165) is 6.54 Å². The largest absolute Gasteiger partial charge is 0.305 e. The Kier molecular flexibility index (Phi) is 3.29. The molecule has 0 unspecified atom stereocenters. The molecule has 5 heteroatoms. The molecule has 1 aromatic carbocycles. The first kappa shape index (κ1) is 12.6. The van der Waals surface area contributed by atoms with Crippen molar-refractivity contribution in [2.24, 2.45) is 5.92 Å². The Bertz CT molecular complexity index is 511. The second-order valence-corrected chi connectivity index (χ2v) is 5.59. The lowest BCUT2D eigenvalue weighted by Crippen LogP contribution is -2.39. The molecule has 0 bridgehead atoms. The highest BCUT2D eigenvalue weighted by Crippen LogP contribution is 2.29. The van der Waals surface area contributed by atoms with Gasteiger partial charge in [-0.1, -0.05) is 11.6 Å². The zero-order chi connectivity index (χ0) is 13.4. The number of hydrogen-bond acceptors (Lipinski definition) is 3. The molecule has 2 fully saturated rings. The molecule has 1 aliphatic heterocycles. The highest BCUT2D eigenvalue weighted by atomic mass is 35.5. The molecular weight excluding hydrogens is 264 g/mol. The molecule has 100 valence electrons. The number of nitrogens with one attached hydrogen (secondary N) is 1. The summed E-state index contributed by atoms with van der Waals surface area (Å²) in [5, 5.41) is 3.79. The number of carbonyl (C=O) groups excluding carboxylic acids is 2. The number of hydrogen-bond donors (Lipinski definition) is 1. The lowest BCUT2D eigenvalue weighted by atomic mass is 10.2. The number of rotatable bonds is 4. The molecule has 1 saturated heterocycles. The minimum atomic E-state index is -0.372. The van der Waals surface area contributed by atoms with Crippen molar-refractivity contribution in [3.05, 3.63) is 29.3 Å². The first-order valence-electron chi connectivity index (χ1n) is 6.51. The molecular formula is C14H15ClN2O2. The van der Waals surface area contributed by atoms with E-state index in [1.165, 1.54) is 17.7 Å². The van der Waals surface area contributed by atoms with Gasteiger partial charge in [-0.15, -0.1) is 0 Å². The molecule has 0 aromatic heterocycles. The SMILES string of the molecule is O=C1C[C@@H](NCC2CC2)C(=O)N1c1ccc(Cl)cc1. The van der Waals surface area contributed by atoms with Crippen molar-refractivity contribution in [1.29, 1.82) is 0 Å². The Balaban J connectivity index is 1.72. The number of benzene rings is 1. The van der Waals surface area contributed by atoms with Crippen LogP contribution in [0.1, 0.15) is 19.3 Å². The fourth-order valence-electron chi connectivity index (χ4n) is 2.28. The standard InChI is InChI=1S/C14H15ClN2O2/c15-10-3-5-11(6-4-10)17-13(18)7-12(14(17)19)16-8-9-1-2-9/h3-6,9,12,16H,1-2,7-8H2/t12-/m1/s1. The molecule has 1 saturated carbocycles. The van der Waals surface area contributed by atoms with Crippen LogP contribution in [0, 0.1) is 5.92 Å². The van der Waals surface area contributed by atoms with Crippen molar-refractivity contribution in [2.75, 3.05) is 11.4 Å². The van der Waals surface area contributed by atoms with Crippen LogP contribution in [0.15, 0.2) is 24.3 Å². The maximum Gasteiger partial charge on any atom is 0.251 e. The van der Waals surface area contributed by atoms with E-state index in [0.29, 0.717) is 16.6 Å². The Morgan fingerprint density at radius 1 is 1.21 bits per heavy atom. The molecule has 1 aromatic rings. The fraction of sp³-hybridized carbons (Fsp3) is 0.429. The van der Waals surface area contributed by atoms with Gasteiger partial charge in [0.05, 0.1) is 18.2 Å². The maximum atomic E-state index is 12.2. The molecule has 3 rings (SSSR count). The highest BCUT2D eigenvalue weighted by molar-refractivity contribution is 6.30. The van der Waals surface area contributed by atoms with Crippen molar-refractivity contribution in [2.45, 2.75) is 25.3 Å². The molecule has 0 spiro atoms. The van der Waals surface area contributed by atoms with Gasteiger partial charge in [-0.25, -0.2) is 4.90 Å². The summed E-state index contributed by atoms with van der Waals surface area (Å²) < 4.78 is 0. The van der Waals surface area contributed by atoms with Crippen molar-refractivity contribution >= 4 is 29.1 Å². The molecule has 1 aliphatic carbocycles. The number of nitrogens with zero attached hydrogens (tertiary/aromatic N) is 1. The fourth-order valence-corrected chi connectivity index (χ4v) is 2.41. The Hall–Kier alpha value is -1.39. The Labute approximate surface area is 116 Å². The summed E-state index contributed by atoms with van der Waals surface area (Å²) in [5.74, 6) is 0.376. The summed E-state index contributed by atoms with van der Waals surface area (Å²) >= 11 is 5.81. The number of halogens is 1. The first-order valence-corrected chi connectivity index (χ1v) is 6.88. The average Bonchev–Trinajstić information content (AvgIpc) is 3.16. The zero-order valence-electron chi connectivity index (χ0n) is 10.4. The lowest BCUT2D eigenvalue weighted by Gasteiger charge is -2.15. The van der Waals surface area contributed by atoms with Crippen molar-refractivity contribution in [3.8, 4) is 0 Å². The van der Waals surface area contributed by atoms with Crippen molar-refractivity contribution in [1.82, 2.24) is 5.32 Å². The first-order chi connectivity index (χ1) is 9.15. The van der Waals surface area contributed by atoms with Gasteiger partial charge in [-0.2, -0.15) is 0 Å². The highest BCUT2D eigenvalue weighted by Gasteiger charge is 2.39. The minimum absolute atomic E-state index is 0.152. The van der Waals surface area contributed by atoms with Crippen LogP contribution < -0.4 is 10.2 Å². The van der Waals surface area contributed by atoms with Crippen LogP contribution in [0.25, 0.3) is 0 Å². The molecule has 1 heterocycles. The summed E-state index contributed by atoms with van der Waals surface area (Å²) in [6, 6.07) is 6.39. The maximum absolute atomic E-state index is 12.2. The molecule has 1 atom stereocenters. The molecule has 0 radical (unpaired) electrons. The van der Waals surface area contributed by atoms with Crippen LogP contribution >= 0.6 is 11.6 Å². The second-order valence-electron chi connectivity index (χ2n) is 5.15. The van der Waals surface area contributed by atoms with E-state index in [9.17, 15) is 9.59 Å². The van der Waals surface area contributed by atoms with Crippen molar-refractivity contribution in [3.63, 3.8) is 0 Å². The quantitative estimate of drug-likeness (QED) is 0.857. The van der Waals surface area contributed by atoms with Gasteiger partial charge < -0.3 is 5.32 Å². The monoisotopic (exact) mass is 278 g/mol. The van der Waals surface area contributed by atoms with E-state index in [1.807, 2.05) is 0 Å². The summed E-state index contributed by atoms with van der Waals surface area (Å²) in [5.41, 5.74) is 0.593. The minimum Gasteiger partial charge on any atom is -0.305 e. The van der Waals surface area contributed by atoms with Crippen LogP contribution in [0.4, 0.5) is 5.69 Å². The topological polar surface area (TPSA) is 49.4 Å². The molecule has 2 amide bonds. The van der Waals surface area contributed by atoms with Crippen LogP contribution in [-0.2, 0) is 9.59 Å². The van der Waals surface area contributed by atoms with Gasteiger partial charge in [-0.3, -0.25) is 9.59 Å². The molecule has 4 nitrogen and oxygen atoms in total. The summed E-state index contributed by atoms with van der Waals surface area (Å²) in [4.78, 5) is 25.5. The van der Waals surface area contributed by atoms with E-state index in [4.69, 9.17) is 11.6 Å². The van der Waals surface area contributed by atoms with Gasteiger partial charge >= 0.3 is 0 Å². The zero-order valence-corrected chi connectivity index (χ0v) is 11.2. The predicted octanol–water partition coefficient (Wildman–Crippen LogP) is 1.97. The van der Waals surface area contributed by atoms with Gasteiger partial charge in [-0.05, 0) is 49.6 Å². The second kappa shape index (κ2) is 4.94. The number of carbonyl (C=O) groups is 2. The van der Waals surface area contributed by atoms with E-state index in [-0.39, 0.29) is 24.3 Å². The average molecular weight is 279 g/mol. The number of imide groups is 1. The third kappa shape index (κ3) is 2.65. The van der Waals surface area contributed by atoms with Crippen LogP contribution in [0.2, 0.25) is 5.02 Å². The number of anilines is 1. The van der Waals surface area contributed by atoms with Gasteiger partial charge in [0.15, 0.2) is 0 Å². The van der Waals surface area contributed by atoms with E-state index < -0.39 is 0 Å². The smallest absolute Gasteiger partial charge is 0.251 e. The van der Waals surface area contributed by atoms with Gasteiger partial charge in [0.25, 0.3) is 5.91 Å². The van der Waals surface area contributed by atoms with Gasteiger partial charge in [0, 0.05) is 5.02 Å². The van der Waals surface area contributed by atoms with Gasteiger partial charge in [0.1, 0.15) is 0 Å². The predicted molar refractivity (Wildman–Crippen MR) is 73.1 cm³/mol. The van der Waals surface area contributed by atoms with E-state index in [1.54, 1.807) is 24.3 Å². The molecule has 19 heavy (non-hydrogen) atoms. The van der Waals surface area contributed by atoms with Crippen LogP contribution in [0.3, 0.4) is 0 Å². The lowest BCUT2D eigenvalue weighted by molar-refractivity contribution is -0.121. The third-order valence-corrected chi connectivity index (χ3v) is 3.83. The van der Waals surface area contributed by atoms with Crippen molar-refractivity contribution < 1.29 is 9.59 Å². The van der Waals surface area contributed by atoms with E-state index in [2.05, 4.69) is 5.32 Å². The molecule has 2 aliphatic rings. The van der Waals surface area contributed by atoms with E-state index >= 15 is 0 Å². The van der Waals surface area contributed by atoms with Crippen LogP contribution in [-0.4, -0.2) is 24.4 Å². The normalized spacial score (nSPS) is 23.2. The number of amides is 2. The summed E-state index contributed by atoms with van der Waals surface area (Å²) in [6.45, 7) is 0.831. The Morgan fingerprint density at radius 2 is 1.89 bits per heavy atom. The van der Waals surface area contributed by atoms with Crippen LogP contribution in [0.5, 0.6) is 0 Å². The third-order valence-electron chi connectivity index (χ3n) is 3.58. The summed E-state index contributed by atoms with van der Waals surface area (Å²) in [7, 11) is 0. The molecule has 1 N–H and O–H groups in total. The Morgan fingerprint density at radius 3 is 2.53 bits per heavy atom. The van der Waals surface area contributed by atoms with Gasteiger partial charge in [0.2, 0.25) is 5.91 Å². The summed E-state index contributed by atoms with van der Waals surface area (Å²) in [6.07, 6.45) is 2.69.